The van der Waals surface area contributed by atoms with Gasteiger partial charge in [-0.15, -0.1) is 0 Å². The Morgan fingerprint density at radius 3 is 2.52 bits per heavy atom. The molecule has 2 amide bonds. The number of carbonyl (C=O) groups is 2. The fourth-order valence-electron chi connectivity index (χ4n) is 2.82. The van der Waals surface area contributed by atoms with Gasteiger partial charge in [0, 0.05) is 45.7 Å². The lowest BCUT2D eigenvalue weighted by molar-refractivity contribution is -0.122. The molecule has 2 rings (SSSR count). The number of nitrogens with zero attached hydrogens (tertiary/aromatic N) is 2. The summed E-state index contributed by atoms with van der Waals surface area (Å²) < 4.78 is 10.5. The smallest absolute Gasteiger partial charge is 0.221 e. The minimum atomic E-state index is 0.0540. The van der Waals surface area contributed by atoms with Crippen LogP contribution >= 0.6 is 0 Å². The first-order valence-corrected chi connectivity index (χ1v) is 8.55. The Morgan fingerprint density at radius 2 is 1.88 bits per heavy atom. The Morgan fingerprint density at radius 1 is 1.16 bits per heavy atom. The Bertz CT molecular complexity index is 571. The third kappa shape index (κ3) is 5.94. The van der Waals surface area contributed by atoms with E-state index in [1.54, 1.807) is 19.1 Å². The number of piperazine rings is 1. The van der Waals surface area contributed by atoms with Gasteiger partial charge in [0.2, 0.25) is 12.3 Å². The Balaban J connectivity index is 1.66. The van der Waals surface area contributed by atoms with Gasteiger partial charge in [-0.1, -0.05) is 6.07 Å². The average molecular weight is 349 g/mol. The molecule has 0 aliphatic carbocycles. The quantitative estimate of drug-likeness (QED) is 0.659. The molecule has 1 aromatic rings. The summed E-state index contributed by atoms with van der Waals surface area (Å²) in [7, 11) is 3.22. The van der Waals surface area contributed by atoms with Crippen molar-refractivity contribution in [3.63, 3.8) is 0 Å². The largest absolute Gasteiger partial charge is 0.493 e. The number of carbonyl (C=O) groups excluding carboxylic acids is 2. The second kappa shape index (κ2) is 9.88. The van der Waals surface area contributed by atoms with Crippen LogP contribution in [-0.2, 0) is 16.0 Å². The number of methoxy groups -OCH3 is 2. The van der Waals surface area contributed by atoms with E-state index in [0.29, 0.717) is 24.5 Å². The molecule has 1 aliphatic rings. The van der Waals surface area contributed by atoms with Gasteiger partial charge in [0.1, 0.15) is 0 Å². The summed E-state index contributed by atoms with van der Waals surface area (Å²) in [5.41, 5.74) is 1.09. The van der Waals surface area contributed by atoms with Crippen LogP contribution in [0.1, 0.15) is 12.0 Å². The van der Waals surface area contributed by atoms with Gasteiger partial charge in [-0.05, 0) is 24.1 Å². The van der Waals surface area contributed by atoms with Gasteiger partial charge in [-0.3, -0.25) is 14.5 Å². The van der Waals surface area contributed by atoms with Crippen LogP contribution in [0.2, 0.25) is 0 Å². The molecule has 1 N–H and O–H groups in total. The minimum absolute atomic E-state index is 0.0540. The molecule has 1 fully saturated rings. The van der Waals surface area contributed by atoms with E-state index in [0.717, 1.165) is 51.1 Å². The van der Waals surface area contributed by atoms with Gasteiger partial charge in [-0.2, -0.15) is 0 Å². The second-order valence-corrected chi connectivity index (χ2v) is 6.02. The van der Waals surface area contributed by atoms with Gasteiger partial charge in [0.15, 0.2) is 11.5 Å². The zero-order chi connectivity index (χ0) is 18.1. The van der Waals surface area contributed by atoms with Gasteiger partial charge >= 0.3 is 0 Å². The fourth-order valence-corrected chi connectivity index (χ4v) is 2.82. The summed E-state index contributed by atoms with van der Waals surface area (Å²) in [5, 5.41) is 2.95. The number of amides is 2. The average Bonchev–Trinajstić information content (AvgIpc) is 2.66. The molecule has 0 radical (unpaired) electrons. The van der Waals surface area contributed by atoms with Crippen LogP contribution in [0.3, 0.4) is 0 Å². The maximum Gasteiger partial charge on any atom is 0.221 e. The van der Waals surface area contributed by atoms with Crippen molar-refractivity contribution < 1.29 is 19.1 Å². The van der Waals surface area contributed by atoms with E-state index in [9.17, 15) is 9.59 Å². The van der Waals surface area contributed by atoms with Crippen molar-refractivity contribution in [2.24, 2.45) is 0 Å². The van der Waals surface area contributed by atoms with Crippen LogP contribution in [0.15, 0.2) is 18.2 Å². The first kappa shape index (κ1) is 19.1. The molecule has 1 saturated heterocycles. The predicted octanol–water partition coefficient (Wildman–Crippen LogP) is 0.527. The zero-order valence-corrected chi connectivity index (χ0v) is 15.0. The molecule has 0 bridgehead atoms. The summed E-state index contributed by atoms with van der Waals surface area (Å²) in [4.78, 5) is 26.6. The molecule has 0 atom stereocenters. The molecule has 7 heteroatoms. The number of rotatable bonds is 9. The van der Waals surface area contributed by atoms with Crippen LogP contribution < -0.4 is 14.8 Å². The summed E-state index contributed by atoms with van der Waals surface area (Å²) in [6, 6.07) is 5.77. The van der Waals surface area contributed by atoms with E-state index < -0.39 is 0 Å². The molecular weight excluding hydrogens is 322 g/mol. The molecular formula is C18H27N3O4. The predicted molar refractivity (Wildman–Crippen MR) is 95.0 cm³/mol. The zero-order valence-electron chi connectivity index (χ0n) is 15.0. The van der Waals surface area contributed by atoms with Crippen LogP contribution in [0, 0.1) is 0 Å². The van der Waals surface area contributed by atoms with Crippen molar-refractivity contribution in [3.8, 4) is 11.5 Å². The lowest BCUT2D eigenvalue weighted by Gasteiger charge is -2.32. The molecule has 7 nitrogen and oxygen atoms in total. The molecule has 0 unspecified atom stereocenters. The molecule has 138 valence electrons. The van der Waals surface area contributed by atoms with Crippen molar-refractivity contribution in [1.29, 1.82) is 0 Å². The summed E-state index contributed by atoms with van der Waals surface area (Å²) in [6.07, 6.45) is 2.11. The Labute approximate surface area is 148 Å². The highest BCUT2D eigenvalue weighted by atomic mass is 16.5. The van der Waals surface area contributed by atoms with E-state index in [1.165, 1.54) is 0 Å². The van der Waals surface area contributed by atoms with E-state index >= 15 is 0 Å². The number of benzene rings is 1. The third-order valence-corrected chi connectivity index (χ3v) is 4.39. The van der Waals surface area contributed by atoms with E-state index in [1.807, 2.05) is 18.2 Å². The first-order chi connectivity index (χ1) is 12.2. The summed E-state index contributed by atoms with van der Waals surface area (Å²) in [6.45, 7) is 4.46. The summed E-state index contributed by atoms with van der Waals surface area (Å²) >= 11 is 0. The van der Waals surface area contributed by atoms with Crippen LogP contribution in [-0.4, -0.2) is 75.6 Å². The minimum Gasteiger partial charge on any atom is -0.493 e. The molecule has 0 saturated carbocycles. The highest BCUT2D eigenvalue weighted by molar-refractivity contribution is 5.76. The maximum absolute atomic E-state index is 12.0. The third-order valence-electron chi connectivity index (χ3n) is 4.39. The van der Waals surface area contributed by atoms with E-state index in [4.69, 9.17) is 9.47 Å². The maximum atomic E-state index is 12.0. The number of ether oxygens (including phenoxy) is 2. The van der Waals surface area contributed by atoms with Crippen molar-refractivity contribution in [2.75, 3.05) is 53.5 Å². The Hall–Kier alpha value is -2.28. The van der Waals surface area contributed by atoms with Crippen LogP contribution in [0.25, 0.3) is 0 Å². The van der Waals surface area contributed by atoms with Crippen molar-refractivity contribution >= 4 is 12.3 Å². The number of nitrogens with one attached hydrogen (secondary N) is 1. The normalized spacial score (nSPS) is 14.9. The number of hydrogen-bond acceptors (Lipinski definition) is 5. The van der Waals surface area contributed by atoms with Crippen molar-refractivity contribution in [3.05, 3.63) is 23.8 Å². The lowest BCUT2D eigenvalue weighted by Crippen LogP contribution is -2.46. The highest BCUT2D eigenvalue weighted by Crippen LogP contribution is 2.27. The van der Waals surface area contributed by atoms with E-state index in [2.05, 4.69) is 10.2 Å². The molecule has 1 aliphatic heterocycles. The Kier molecular flexibility index (Phi) is 7.53. The monoisotopic (exact) mass is 349 g/mol. The van der Waals surface area contributed by atoms with Crippen molar-refractivity contribution in [2.45, 2.75) is 12.8 Å². The number of hydrogen-bond donors (Lipinski definition) is 1. The molecule has 0 spiro atoms. The molecule has 1 heterocycles. The fraction of sp³-hybridized carbons (Fsp3) is 0.556. The highest BCUT2D eigenvalue weighted by Gasteiger charge is 2.15. The standard InChI is InChI=1S/C18H27N3O4/c1-24-16-4-3-15(13-17(16)25-2)5-7-19-18(23)6-8-20-9-11-21(14-22)12-10-20/h3-4,13-14H,5-12H2,1-2H3,(H,19,23). The topological polar surface area (TPSA) is 71.1 Å². The molecule has 1 aromatic carbocycles. The second-order valence-electron chi connectivity index (χ2n) is 6.02. The van der Waals surface area contributed by atoms with Gasteiger partial charge in [0.25, 0.3) is 0 Å². The molecule has 0 aromatic heterocycles. The molecule has 25 heavy (non-hydrogen) atoms. The van der Waals surface area contributed by atoms with Crippen LogP contribution in [0.5, 0.6) is 11.5 Å². The van der Waals surface area contributed by atoms with Gasteiger partial charge in [0.05, 0.1) is 14.2 Å². The van der Waals surface area contributed by atoms with E-state index in [-0.39, 0.29) is 5.91 Å². The van der Waals surface area contributed by atoms with Crippen LogP contribution in [0.4, 0.5) is 0 Å². The van der Waals surface area contributed by atoms with Gasteiger partial charge in [-0.25, -0.2) is 0 Å². The van der Waals surface area contributed by atoms with Crippen molar-refractivity contribution in [1.82, 2.24) is 15.1 Å². The first-order valence-electron chi connectivity index (χ1n) is 8.55. The SMILES string of the molecule is COc1ccc(CCNC(=O)CCN2CCN(C=O)CC2)cc1OC. The van der Waals surface area contributed by atoms with Gasteiger partial charge < -0.3 is 19.7 Å². The summed E-state index contributed by atoms with van der Waals surface area (Å²) in [5.74, 6) is 1.45. The lowest BCUT2D eigenvalue weighted by atomic mass is 10.1.